The Morgan fingerprint density at radius 2 is 1.91 bits per heavy atom. The Morgan fingerprint density at radius 3 is 2.48 bits per heavy atom. The number of carbonyl (C=O) groups excluding carboxylic acids is 1. The highest BCUT2D eigenvalue weighted by Crippen LogP contribution is 2.23. The lowest BCUT2D eigenvalue weighted by atomic mass is 10.0. The zero-order valence-electron chi connectivity index (χ0n) is 14.6. The Balaban J connectivity index is 2.12. The predicted octanol–water partition coefficient (Wildman–Crippen LogP) is 2.50. The van der Waals surface area contributed by atoms with E-state index in [1.54, 1.807) is 4.68 Å². The van der Waals surface area contributed by atoms with Gasteiger partial charge in [0.2, 0.25) is 0 Å². The van der Waals surface area contributed by atoms with E-state index in [0.717, 1.165) is 17.8 Å². The van der Waals surface area contributed by atoms with Crippen molar-refractivity contribution in [2.45, 2.75) is 19.8 Å². The van der Waals surface area contributed by atoms with Gasteiger partial charge in [0.15, 0.2) is 5.69 Å². The van der Waals surface area contributed by atoms with Crippen molar-refractivity contribution in [1.82, 2.24) is 20.0 Å². The molecule has 0 fully saturated rings. The van der Waals surface area contributed by atoms with Gasteiger partial charge in [-0.2, -0.15) is 5.10 Å². The molecule has 2 aromatic rings. The quantitative estimate of drug-likeness (QED) is 0.891. The number of benzene rings is 1. The van der Waals surface area contributed by atoms with Crippen molar-refractivity contribution in [2.75, 3.05) is 27.2 Å². The first-order valence-corrected chi connectivity index (χ1v) is 7.95. The highest BCUT2D eigenvalue weighted by atomic mass is 16.1. The highest BCUT2D eigenvalue weighted by molar-refractivity contribution is 5.93. The van der Waals surface area contributed by atoms with Gasteiger partial charge in [0.25, 0.3) is 5.91 Å². The smallest absolute Gasteiger partial charge is 0.271 e. The molecule has 0 aliphatic rings. The molecule has 1 N–H and O–H groups in total. The minimum atomic E-state index is -0.132. The fourth-order valence-corrected chi connectivity index (χ4v) is 2.37. The molecular weight excluding hydrogens is 288 g/mol. The van der Waals surface area contributed by atoms with Gasteiger partial charge >= 0.3 is 0 Å². The Hall–Kier alpha value is -2.14. The molecular formula is C18H26N4O. The first-order chi connectivity index (χ1) is 10.9. The van der Waals surface area contributed by atoms with E-state index < -0.39 is 0 Å². The number of nitrogens with one attached hydrogen (secondary N) is 1. The fraction of sp³-hybridized carbons (Fsp3) is 0.444. The average Bonchev–Trinajstić information content (AvgIpc) is 2.89. The van der Waals surface area contributed by atoms with E-state index in [1.807, 2.05) is 32.1 Å². The number of nitrogens with zero attached hydrogens (tertiary/aromatic N) is 3. The van der Waals surface area contributed by atoms with E-state index in [1.165, 1.54) is 5.56 Å². The molecule has 5 heteroatoms. The molecule has 2 rings (SSSR count). The summed E-state index contributed by atoms with van der Waals surface area (Å²) in [6.07, 6.45) is 0. The number of hydrogen-bond donors (Lipinski definition) is 1. The molecule has 1 aromatic heterocycles. The van der Waals surface area contributed by atoms with Crippen molar-refractivity contribution >= 4 is 5.91 Å². The number of rotatable bonds is 6. The van der Waals surface area contributed by atoms with E-state index in [0.29, 0.717) is 18.2 Å². The highest BCUT2D eigenvalue weighted by Gasteiger charge is 2.13. The maximum absolute atomic E-state index is 12.2. The van der Waals surface area contributed by atoms with Crippen LogP contribution in [0.1, 0.15) is 35.8 Å². The maximum atomic E-state index is 12.2. The van der Waals surface area contributed by atoms with Crippen LogP contribution in [0.5, 0.6) is 0 Å². The molecule has 0 atom stereocenters. The fourth-order valence-electron chi connectivity index (χ4n) is 2.37. The Morgan fingerprint density at radius 1 is 1.26 bits per heavy atom. The molecule has 23 heavy (non-hydrogen) atoms. The van der Waals surface area contributed by atoms with Gasteiger partial charge in [-0.3, -0.25) is 9.48 Å². The second-order valence-electron chi connectivity index (χ2n) is 6.37. The number of likely N-dealkylation sites (N-methyl/N-ethyl adjacent to an activating group) is 1. The molecule has 124 valence electrons. The van der Waals surface area contributed by atoms with Gasteiger partial charge in [0, 0.05) is 20.1 Å². The maximum Gasteiger partial charge on any atom is 0.271 e. The largest absolute Gasteiger partial charge is 0.349 e. The summed E-state index contributed by atoms with van der Waals surface area (Å²) in [5, 5.41) is 7.22. The molecule has 0 bridgehead atoms. The normalized spacial score (nSPS) is 11.3. The van der Waals surface area contributed by atoms with Crippen LogP contribution in [0, 0.1) is 0 Å². The summed E-state index contributed by atoms with van der Waals surface area (Å²) in [6.45, 7) is 5.77. The number of hydrogen-bond acceptors (Lipinski definition) is 3. The SMILES string of the molecule is CC(C)c1ccc(-c2cc(C(=O)NCCN(C)C)nn2C)cc1. The van der Waals surface area contributed by atoms with Gasteiger partial charge in [-0.05, 0) is 37.2 Å². The van der Waals surface area contributed by atoms with Crippen LogP contribution in [0.15, 0.2) is 30.3 Å². The summed E-state index contributed by atoms with van der Waals surface area (Å²) >= 11 is 0. The molecule has 0 spiro atoms. The Kier molecular flexibility index (Phi) is 5.55. The number of carbonyl (C=O) groups is 1. The lowest BCUT2D eigenvalue weighted by molar-refractivity contribution is 0.0945. The van der Waals surface area contributed by atoms with E-state index in [4.69, 9.17) is 0 Å². The van der Waals surface area contributed by atoms with Crippen molar-refractivity contribution in [3.05, 3.63) is 41.6 Å². The van der Waals surface area contributed by atoms with Crippen molar-refractivity contribution in [3.8, 4) is 11.3 Å². The molecule has 0 unspecified atom stereocenters. The van der Waals surface area contributed by atoms with Crippen LogP contribution >= 0.6 is 0 Å². The van der Waals surface area contributed by atoms with Gasteiger partial charge < -0.3 is 10.2 Å². The molecule has 1 amide bonds. The molecule has 0 saturated heterocycles. The summed E-state index contributed by atoms with van der Waals surface area (Å²) < 4.78 is 1.76. The third-order valence-corrected chi connectivity index (χ3v) is 3.83. The van der Waals surface area contributed by atoms with E-state index >= 15 is 0 Å². The van der Waals surface area contributed by atoms with Crippen LogP contribution in [0.4, 0.5) is 0 Å². The first-order valence-electron chi connectivity index (χ1n) is 7.95. The first kappa shape index (κ1) is 17.2. The number of aromatic nitrogens is 2. The lowest BCUT2D eigenvalue weighted by Crippen LogP contribution is -2.31. The average molecular weight is 314 g/mol. The molecule has 5 nitrogen and oxygen atoms in total. The van der Waals surface area contributed by atoms with Crippen LogP contribution in [-0.4, -0.2) is 47.8 Å². The summed E-state index contributed by atoms with van der Waals surface area (Å²) in [5.74, 6) is 0.376. The third-order valence-electron chi connectivity index (χ3n) is 3.83. The molecule has 0 aliphatic heterocycles. The topological polar surface area (TPSA) is 50.2 Å². The van der Waals surface area contributed by atoms with Crippen LogP contribution in [0.25, 0.3) is 11.3 Å². The standard InChI is InChI=1S/C18H26N4O/c1-13(2)14-6-8-15(9-7-14)17-12-16(20-22(17)5)18(23)19-10-11-21(3)4/h6-9,12-13H,10-11H2,1-5H3,(H,19,23). The molecule has 1 aromatic carbocycles. The number of amides is 1. The van der Waals surface area contributed by atoms with Crippen LogP contribution in [-0.2, 0) is 7.05 Å². The second-order valence-corrected chi connectivity index (χ2v) is 6.37. The summed E-state index contributed by atoms with van der Waals surface area (Å²) in [4.78, 5) is 14.2. The van der Waals surface area contributed by atoms with Gasteiger partial charge in [0.1, 0.15) is 0 Å². The van der Waals surface area contributed by atoms with Gasteiger partial charge in [0.05, 0.1) is 5.69 Å². The molecule has 0 aliphatic carbocycles. The van der Waals surface area contributed by atoms with Crippen molar-refractivity contribution in [2.24, 2.45) is 7.05 Å². The van der Waals surface area contributed by atoms with Gasteiger partial charge in [-0.1, -0.05) is 38.1 Å². The van der Waals surface area contributed by atoms with E-state index in [9.17, 15) is 4.79 Å². The van der Waals surface area contributed by atoms with Crippen LogP contribution in [0.3, 0.4) is 0 Å². The predicted molar refractivity (Wildman–Crippen MR) is 93.6 cm³/mol. The van der Waals surface area contributed by atoms with Crippen molar-refractivity contribution < 1.29 is 4.79 Å². The number of aryl methyl sites for hydroxylation is 1. The van der Waals surface area contributed by atoms with Crippen molar-refractivity contribution in [3.63, 3.8) is 0 Å². The monoisotopic (exact) mass is 314 g/mol. The molecule has 1 heterocycles. The van der Waals surface area contributed by atoms with Crippen molar-refractivity contribution in [1.29, 1.82) is 0 Å². The molecule has 0 radical (unpaired) electrons. The minimum Gasteiger partial charge on any atom is -0.349 e. The Labute approximate surface area is 138 Å². The van der Waals surface area contributed by atoms with E-state index in [2.05, 4.69) is 48.5 Å². The lowest BCUT2D eigenvalue weighted by Gasteiger charge is -2.09. The van der Waals surface area contributed by atoms with Crippen LogP contribution < -0.4 is 5.32 Å². The Bertz CT molecular complexity index is 656. The van der Waals surface area contributed by atoms with E-state index in [-0.39, 0.29) is 5.91 Å². The zero-order chi connectivity index (χ0) is 17.0. The summed E-state index contributed by atoms with van der Waals surface area (Å²) in [5.41, 5.74) is 3.77. The van der Waals surface area contributed by atoms with Crippen LogP contribution in [0.2, 0.25) is 0 Å². The summed E-state index contributed by atoms with van der Waals surface area (Å²) in [6, 6.07) is 10.3. The third kappa shape index (κ3) is 4.42. The zero-order valence-corrected chi connectivity index (χ0v) is 14.6. The van der Waals surface area contributed by atoms with Gasteiger partial charge in [-0.25, -0.2) is 0 Å². The molecule has 0 saturated carbocycles. The minimum absolute atomic E-state index is 0.132. The second kappa shape index (κ2) is 7.42. The summed E-state index contributed by atoms with van der Waals surface area (Å²) in [7, 11) is 5.82. The van der Waals surface area contributed by atoms with Gasteiger partial charge in [-0.15, -0.1) is 0 Å².